The Labute approximate surface area is 168 Å². The number of aryl methyl sites for hydroxylation is 1. The van der Waals surface area contributed by atoms with Crippen LogP contribution in [-0.2, 0) is 27.2 Å². The van der Waals surface area contributed by atoms with Crippen LogP contribution in [0.2, 0.25) is 0 Å². The Hall–Kier alpha value is -2.15. The number of fused-ring (bicyclic) bond motifs is 3. The van der Waals surface area contributed by atoms with Gasteiger partial charge in [0.15, 0.2) is 0 Å². The fraction of sp³-hybridized carbons (Fsp3) is 0.571. The Kier molecular flexibility index (Phi) is 5.27. The Balaban J connectivity index is 1.64. The van der Waals surface area contributed by atoms with E-state index in [2.05, 4.69) is 5.32 Å². The normalized spacial score (nSPS) is 27.9. The highest BCUT2D eigenvalue weighted by Gasteiger charge is 2.48. The van der Waals surface area contributed by atoms with Crippen molar-refractivity contribution in [2.75, 3.05) is 11.9 Å². The molecule has 0 unspecified atom stereocenters. The number of ether oxygens (including phenoxy) is 1. The molecule has 0 spiro atoms. The van der Waals surface area contributed by atoms with Crippen LogP contribution in [0.25, 0.3) is 0 Å². The number of nitrogens with one attached hydrogen (secondary N) is 1. The van der Waals surface area contributed by atoms with Gasteiger partial charge in [-0.05, 0) is 62.8 Å². The first-order valence-corrected chi connectivity index (χ1v) is 10.9. The molecule has 28 heavy (non-hydrogen) atoms. The zero-order valence-electron chi connectivity index (χ0n) is 15.9. The maximum Gasteiger partial charge on any atom is 0.341 e. The predicted molar refractivity (Wildman–Crippen MR) is 106 cm³/mol. The van der Waals surface area contributed by atoms with Gasteiger partial charge in [-0.3, -0.25) is 9.59 Å². The molecule has 1 aromatic rings. The van der Waals surface area contributed by atoms with Crippen molar-refractivity contribution in [3.8, 4) is 0 Å². The van der Waals surface area contributed by atoms with Crippen molar-refractivity contribution in [1.82, 2.24) is 0 Å². The van der Waals surface area contributed by atoms with E-state index in [0.717, 1.165) is 49.0 Å². The van der Waals surface area contributed by atoms with E-state index in [4.69, 9.17) is 4.74 Å². The van der Waals surface area contributed by atoms with Gasteiger partial charge in [-0.1, -0.05) is 12.2 Å². The highest BCUT2D eigenvalue weighted by molar-refractivity contribution is 7.17. The minimum Gasteiger partial charge on any atom is -0.481 e. The lowest BCUT2D eigenvalue weighted by atomic mass is 9.62. The highest BCUT2D eigenvalue weighted by atomic mass is 32.1. The van der Waals surface area contributed by atoms with Crippen molar-refractivity contribution < 1.29 is 24.2 Å². The van der Waals surface area contributed by atoms with Gasteiger partial charge in [0.25, 0.3) is 0 Å². The first-order chi connectivity index (χ1) is 13.5. The van der Waals surface area contributed by atoms with E-state index in [1.807, 2.05) is 12.2 Å². The van der Waals surface area contributed by atoms with E-state index in [0.29, 0.717) is 10.6 Å². The quantitative estimate of drug-likeness (QED) is 0.578. The number of hydrogen-bond donors (Lipinski definition) is 2. The van der Waals surface area contributed by atoms with Gasteiger partial charge in [0.1, 0.15) is 5.00 Å². The standard InChI is InChI=1S/C21H25NO5S/c1-2-27-21(26)17-13-5-3-4-6-14(13)28-19(17)22-18(23)15-11-7-9-12(10-8-11)16(15)20(24)25/h7,9,11-12,15-16H,2-6,8,10H2,1H3,(H,22,23)(H,24,25)/t11-,12-,15+,16+/m0/s1. The molecule has 6 nitrogen and oxygen atoms in total. The van der Waals surface area contributed by atoms with Gasteiger partial charge < -0.3 is 15.2 Å². The molecule has 2 N–H and O–H groups in total. The van der Waals surface area contributed by atoms with Crippen LogP contribution in [0.3, 0.4) is 0 Å². The van der Waals surface area contributed by atoms with E-state index in [-0.39, 0.29) is 24.3 Å². The summed E-state index contributed by atoms with van der Waals surface area (Å²) in [5, 5.41) is 13.2. The van der Waals surface area contributed by atoms with Gasteiger partial charge in [0, 0.05) is 4.88 Å². The number of rotatable bonds is 5. The summed E-state index contributed by atoms with van der Waals surface area (Å²) in [6.07, 6.45) is 9.37. The van der Waals surface area contributed by atoms with E-state index in [9.17, 15) is 19.5 Å². The van der Waals surface area contributed by atoms with E-state index >= 15 is 0 Å². The predicted octanol–water partition coefficient (Wildman–Crippen LogP) is 3.66. The number of amides is 1. The molecule has 1 fully saturated rings. The maximum atomic E-state index is 13.2. The van der Waals surface area contributed by atoms with Crippen LogP contribution in [0.4, 0.5) is 5.00 Å². The second-order valence-corrected chi connectivity index (χ2v) is 8.91. The largest absolute Gasteiger partial charge is 0.481 e. The van der Waals surface area contributed by atoms with Gasteiger partial charge in [-0.2, -0.15) is 0 Å². The molecular formula is C21H25NO5S. The van der Waals surface area contributed by atoms with Crippen molar-refractivity contribution in [2.24, 2.45) is 23.7 Å². The number of carbonyl (C=O) groups is 3. The summed E-state index contributed by atoms with van der Waals surface area (Å²) >= 11 is 1.44. The third-order valence-corrected chi connectivity index (χ3v) is 7.43. The number of anilines is 1. The minimum absolute atomic E-state index is 0.0632. The number of hydrogen-bond acceptors (Lipinski definition) is 5. The summed E-state index contributed by atoms with van der Waals surface area (Å²) in [5.74, 6) is -3.09. The molecule has 1 amide bonds. The van der Waals surface area contributed by atoms with Crippen LogP contribution in [0.5, 0.6) is 0 Å². The number of thiophene rings is 1. The van der Waals surface area contributed by atoms with Crippen molar-refractivity contribution in [3.05, 3.63) is 28.2 Å². The second-order valence-electron chi connectivity index (χ2n) is 7.80. The van der Waals surface area contributed by atoms with Crippen molar-refractivity contribution in [2.45, 2.75) is 45.4 Å². The van der Waals surface area contributed by atoms with Crippen LogP contribution in [0.15, 0.2) is 12.2 Å². The molecule has 1 saturated carbocycles. The first kappa shape index (κ1) is 19.2. The monoisotopic (exact) mass is 403 g/mol. The molecule has 5 rings (SSSR count). The number of esters is 1. The SMILES string of the molecule is CCOC(=O)c1c(NC(=O)[C@H]2[C@H](C(=O)O)[C@H]3C=C[C@H]2CC3)sc2c1CCCC2. The summed E-state index contributed by atoms with van der Waals surface area (Å²) < 4.78 is 5.24. The molecule has 150 valence electrons. The smallest absolute Gasteiger partial charge is 0.341 e. The molecular weight excluding hydrogens is 378 g/mol. The van der Waals surface area contributed by atoms with Gasteiger partial charge in [-0.15, -0.1) is 11.3 Å². The summed E-state index contributed by atoms with van der Waals surface area (Å²) in [6, 6.07) is 0. The number of carboxylic acids is 1. The Bertz CT molecular complexity index is 842. The van der Waals surface area contributed by atoms with Crippen LogP contribution in [0, 0.1) is 23.7 Å². The van der Waals surface area contributed by atoms with Crippen LogP contribution in [-0.4, -0.2) is 29.6 Å². The fourth-order valence-corrected chi connectivity index (χ4v) is 6.24. The first-order valence-electron chi connectivity index (χ1n) is 10.0. The number of carbonyl (C=O) groups excluding carboxylic acids is 2. The summed E-state index contributed by atoms with van der Waals surface area (Å²) in [5.41, 5.74) is 1.46. The summed E-state index contributed by atoms with van der Waals surface area (Å²) in [7, 11) is 0. The molecule has 7 heteroatoms. The van der Waals surface area contributed by atoms with E-state index in [1.165, 1.54) is 11.3 Å². The number of carboxylic acid groups (broad SMARTS) is 1. The summed E-state index contributed by atoms with van der Waals surface area (Å²) in [6.45, 7) is 2.03. The lowest BCUT2D eigenvalue weighted by Crippen LogP contribution is -2.47. The Morgan fingerprint density at radius 1 is 1.14 bits per heavy atom. The average Bonchev–Trinajstić information content (AvgIpc) is 3.06. The molecule has 4 aliphatic carbocycles. The fourth-order valence-electron chi connectivity index (χ4n) is 4.96. The lowest BCUT2D eigenvalue weighted by molar-refractivity contribution is -0.151. The molecule has 1 heterocycles. The Morgan fingerprint density at radius 2 is 1.82 bits per heavy atom. The summed E-state index contributed by atoms with van der Waals surface area (Å²) in [4.78, 5) is 38.7. The van der Waals surface area contributed by atoms with Crippen LogP contribution >= 0.6 is 11.3 Å². The molecule has 0 radical (unpaired) electrons. The van der Waals surface area contributed by atoms with Gasteiger partial charge >= 0.3 is 11.9 Å². The minimum atomic E-state index is -0.921. The van der Waals surface area contributed by atoms with E-state index < -0.39 is 23.8 Å². The molecule has 0 aromatic carbocycles. The molecule has 0 saturated heterocycles. The number of allylic oxidation sites excluding steroid dienone is 2. The molecule has 4 aliphatic rings. The highest BCUT2D eigenvalue weighted by Crippen LogP contribution is 2.46. The molecule has 0 aliphatic heterocycles. The average molecular weight is 404 g/mol. The number of aliphatic carboxylic acids is 1. The molecule has 1 aromatic heterocycles. The Morgan fingerprint density at radius 3 is 2.46 bits per heavy atom. The van der Waals surface area contributed by atoms with Crippen molar-refractivity contribution in [1.29, 1.82) is 0 Å². The van der Waals surface area contributed by atoms with Gasteiger partial charge in [0.2, 0.25) is 5.91 Å². The van der Waals surface area contributed by atoms with Gasteiger partial charge in [0.05, 0.1) is 24.0 Å². The van der Waals surface area contributed by atoms with E-state index in [1.54, 1.807) is 6.92 Å². The second kappa shape index (κ2) is 7.70. The van der Waals surface area contributed by atoms with Crippen molar-refractivity contribution >= 4 is 34.2 Å². The lowest BCUT2D eigenvalue weighted by Gasteiger charge is -2.41. The zero-order valence-corrected chi connectivity index (χ0v) is 16.7. The molecule has 4 atom stereocenters. The third kappa shape index (κ3) is 3.26. The third-order valence-electron chi connectivity index (χ3n) is 6.22. The van der Waals surface area contributed by atoms with Crippen molar-refractivity contribution in [3.63, 3.8) is 0 Å². The maximum absolute atomic E-state index is 13.2. The topological polar surface area (TPSA) is 92.7 Å². The zero-order chi connectivity index (χ0) is 19.8. The van der Waals surface area contributed by atoms with Crippen LogP contribution in [0.1, 0.15) is 53.4 Å². The molecule has 2 bridgehead atoms. The van der Waals surface area contributed by atoms with Gasteiger partial charge in [-0.25, -0.2) is 4.79 Å². The van der Waals surface area contributed by atoms with Crippen LogP contribution < -0.4 is 5.32 Å².